The second-order valence-electron chi connectivity index (χ2n) is 6.29. The van der Waals surface area contributed by atoms with Gasteiger partial charge in [-0.25, -0.2) is 0 Å². The van der Waals surface area contributed by atoms with E-state index < -0.39 is 6.10 Å². The monoisotopic (exact) mass is 316 g/mol. The first-order chi connectivity index (χ1) is 9.36. The van der Waals surface area contributed by atoms with Crippen molar-refractivity contribution in [2.24, 2.45) is 11.3 Å². The lowest BCUT2D eigenvalue weighted by atomic mass is 9.65. The molecule has 1 fully saturated rings. The van der Waals surface area contributed by atoms with Gasteiger partial charge in [0.05, 0.1) is 23.3 Å². The first-order valence-corrected chi connectivity index (χ1v) is 7.83. The van der Waals surface area contributed by atoms with Crippen molar-refractivity contribution < 1.29 is 9.84 Å². The Morgan fingerprint density at radius 3 is 2.55 bits per heavy atom. The SMILES string of the molecule is COc1cc(Cl)c(C(O)C2CCCCC2(C)C)cc1Cl. The highest BCUT2D eigenvalue weighted by Crippen LogP contribution is 2.48. The Bertz CT molecular complexity index is 486. The van der Waals surface area contributed by atoms with Crippen LogP contribution in [0.4, 0.5) is 0 Å². The minimum atomic E-state index is -0.582. The lowest BCUT2D eigenvalue weighted by Crippen LogP contribution is -2.32. The number of aliphatic hydroxyl groups is 1. The summed E-state index contributed by atoms with van der Waals surface area (Å²) in [6.45, 7) is 4.44. The number of hydrogen-bond acceptors (Lipinski definition) is 2. The molecule has 1 N–H and O–H groups in total. The minimum Gasteiger partial charge on any atom is -0.495 e. The normalized spacial score (nSPS) is 23.4. The van der Waals surface area contributed by atoms with Gasteiger partial charge in [-0.3, -0.25) is 0 Å². The van der Waals surface area contributed by atoms with E-state index in [1.807, 2.05) is 0 Å². The van der Waals surface area contributed by atoms with E-state index in [0.717, 1.165) is 19.3 Å². The van der Waals surface area contributed by atoms with E-state index >= 15 is 0 Å². The zero-order valence-electron chi connectivity index (χ0n) is 12.2. The van der Waals surface area contributed by atoms with Crippen LogP contribution in [-0.4, -0.2) is 12.2 Å². The molecule has 20 heavy (non-hydrogen) atoms. The van der Waals surface area contributed by atoms with Crippen molar-refractivity contribution in [3.05, 3.63) is 27.7 Å². The van der Waals surface area contributed by atoms with Crippen molar-refractivity contribution in [2.45, 2.75) is 45.6 Å². The average Bonchev–Trinajstić information content (AvgIpc) is 2.39. The maximum atomic E-state index is 10.8. The molecule has 2 unspecified atom stereocenters. The van der Waals surface area contributed by atoms with Gasteiger partial charge in [0.15, 0.2) is 0 Å². The molecule has 0 aliphatic heterocycles. The number of ether oxygens (including phenoxy) is 1. The Kier molecular flexibility index (Phi) is 4.88. The molecule has 0 radical (unpaired) electrons. The number of hydrogen-bond donors (Lipinski definition) is 1. The summed E-state index contributed by atoms with van der Waals surface area (Å²) >= 11 is 12.4. The molecule has 0 saturated heterocycles. The molecule has 2 rings (SSSR count). The van der Waals surface area contributed by atoms with Gasteiger partial charge in [0, 0.05) is 11.6 Å². The molecule has 0 spiro atoms. The topological polar surface area (TPSA) is 29.5 Å². The van der Waals surface area contributed by atoms with Crippen molar-refractivity contribution in [1.29, 1.82) is 0 Å². The molecule has 1 aliphatic carbocycles. The van der Waals surface area contributed by atoms with Gasteiger partial charge < -0.3 is 9.84 Å². The van der Waals surface area contributed by atoms with Gasteiger partial charge in [-0.1, -0.05) is 49.9 Å². The molecule has 2 atom stereocenters. The van der Waals surface area contributed by atoms with Crippen molar-refractivity contribution in [1.82, 2.24) is 0 Å². The van der Waals surface area contributed by atoms with Crippen LogP contribution in [0.25, 0.3) is 0 Å². The fraction of sp³-hybridized carbons (Fsp3) is 0.625. The highest BCUT2D eigenvalue weighted by Gasteiger charge is 2.38. The van der Waals surface area contributed by atoms with Crippen LogP contribution in [0.2, 0.25) is 10.0 Å². The Morgan fingerprint density at radius 2 is 1.95 bits per heavy atom. The third-order valence-electron chi connectivity index (χ3n) is 4.56. The molecule has 0 heterocycles. The summed E-state index contributed by atoms with van der Waals surface area (Å²) in [6.07, 6.45) is 3.96. The number of halogens is 2. The van der Waals surface area contributed by atoms with Crippen molar-refractivity contribution in [3.63, 3.8) is 0 Å². The third-order valence-corrected chi connectivity index (χ3v) is 5.18. The highest BCUT2D eigenvalue weighted by atomic mass is 35.5. The van der Waals surface area contributed by atoms with E-state index in [-0.39, 0.29) is 11.3 Å². The molecule has 1 aromatic carbocycles. The van der Waals surface area contributed by atoms with Crippen molar-refractivity contribution >= 4 is 23.2 Å². The fourth-order valence-corrected chi connectivity index (χ4v) is 3.76. The second kappa shape index (κ2) is 6.13. The summed E-state index contributed by atoms with van der Waals surface area (Å²) in [5.74, 6) is 0.744. The lowest BCUT2D eigenvalue weighted by Gasteiger charge is -2.41. The Hall–Kier alpha value is -0.440. The van der Waals surface area contributed by atoms with E-state index in [2.05, 4.69) is 13.8 Å². The standard InChI is InChI=1S/C16H22Cl2O2/c1-16(2)7-5-4-6-11(16)15(19)10-8-13(18)14(20-3)9-12(10)17/h8-9,11,15,19H,4-7H2,1-3H3. The quantitative estimate of drug-likeness (QED) is 0.825. The van der Waals surface area contributed by atoms with Crippen LogP contribution in [0.15, 0.2) is 12.1 Å². The molecule has 112 valence electrons. The van der Waals surface area contributed by atoms with Crippen LogP contribution in [-0.2, 0) is 0 Å². The maximum absolute atomic E-state index is 10.8. The summed E-state index contributed by atoms with van der Waals surface area (Å²) in [6, 6.07) is 3.41. The molecule has 2 nitrogen and oxygen atoms in total. The van der Waals surface area contributed by atoms with E-state index in [0.29, 0.717) is 21.4 Å². The van der Waals surface area contributed by atoms with Crippen LogP contribution in [0.3, 0.4) is 0 Å². The Labute approximate surface area is 131 Å². The highest BCUT2D eigenvalue weighted by molar-refractivity contribution is 6.34. The van der Waals surface area contributed by atoms with Gasteiger partial charge in [-0.15, -0.1) is 0 Å². The van der Waals surface area contributed by atoms with Gasteiger partial charge in [0.25, 0.3) is 0 Å². The Balaban J connectivity index is 2.33. The number of rotatable bonds is 3. The van der Waals surface area contributed by atoms with Gasteiger partial charge in [-0.05, 0) is 30.2 Å². The summed E-state index contributed by atoms with van der Waals surface area (Å²) in [4.78, 5) is 0. The van der Waals surface area contributed by atoms with E-state index in [1.165, 1.54) is 6.42 Å². The molecule has 1 aliphatic rings. The number of benzene rings is 1. The summed E-state index contributed by atoms with van der Waals surface area (Å²) in [5, 5.41) is 11.8. The van der Waals surface area contributed by atoms with Crippen molar-refractivity contribution in [2.75, 3.05) is 7.11 Å². The molecule has 4 heteroatoms. The number of methoxy groups -OCH3 is 1. The molecule has 0 aromatic heterocycles. The minimum absolute atomic E-state index is 0.118. The van der Waals surface area contributed by atoms with E-state index in [1.54, 1.807) is 19.2 Å². The van der Waals surface area contributed by atoms with E-state index in [9.17, 15) is 5.11 Å². The molecular weight excluding hydrogens is 295 g/mol. The second-order valence-corrected chi connectivity index (χ2v) is 7.11. The zero-order chi connectivity index (χ0) is 14.9. The predicted octanol–water partition coefficient (Wildman–Crippen LogP) is 5.25. The smallest absolute Gasteiger partial charge is 0.138 e. The molecule has 0 bridgehead atoms. The van der Waals surface area contributed by atoms with Gasteiger partial charge >= 0.3 is 0 Å². The Morgan fingerprint density at radius 1 is 1.25 bits per heavy atom. The first kappa shape index (κ1) is 15.9. The van der Waals surface area contributed by atoms with Crippen LogP contribution in [0.5, 0.6) is 5.75 Å². The third kappa shape index (κ3) is 3.08. The summed E-state index contributed by atoms with van der Waals surface area (Å²) < 4.78 is 5.15. The maximum Gasteiger partial charge on any atom is 0.138 e. The fourth-order valence-electron chi connectivity index (χ4n) is 3.25. The van der Waals surface area contributed by atoms with Crippen LogP contribution >= 0.6 is 23.2 Å². The van der Waals surface area contributed by atoms with Crippen LogP contribution in [0.1, 0.15) is 51.2 Å². The lowest BCUT2D eigenvalue weighted by molar-refractivity contribution is 0.00390. The predicted molar refractivity (Wildman–Crippen MR) is 83.7 cm³/mol. The molecule has 1 aromatic rings. The van der Waals surface area contributed by atoms with Gasteiger partial charge in [0.1, 0.15) is 5.75 Å². The van der Waals surface area contributed by atoms with E-state index in [4.69, 9.17) is 27.9 Å². The van der Waals surface area contributed by atoms with Crippen LogP contribution < -0.4 is 4.74 Å². The summed E-state index contributed by atoms with van der Waals surface area (Å²) in [7, 11) is 1.55. The average molecular weight is 317 g/mol. The molecular formula is C16H22Cl2O2. The molecule has 1 saturated carbocycles. The largest absolute Gasteiger partial charge is 0.495 e. The number of aliphatic hydroxyl groups excluding tert-OH is 1. The van der Waals surface area contributed by atoms with Crippen molar-refractivity contribution in [3.8, 4) is 5.75 Å². The van der Waals surface area contributed by atoms with Gasteiger partial charge in [0.2, 0.25) is 0 Å². The zero-order valence-corrected chi connectivity index (χ0v) is 13.8. The van der Waals surface area contributed by atoms with Crippen LogP contribution in [0, 0.1) is 11.3 Å². The first-order valence-electron chi connectivity index (χ1n) is 7.08. The molecule has 0 amide bonds. The summed E-state index contributed by atoms with van der Waals surface area (Å²) in [5.41, 5.74) is 0.824. The van der Waals surface area contributed by atoms with Gasteiger partial charge in [-0.2, -0.15) is 0 Å².